The van der Waals surface area contributed by atoms with Gasteiger partial charge in [-0.05, 0) is 0 Å². The SMILES string of the molecule is CN=CS(=O)CSCSCSCSCSC(=O)NCSCSCSCSC/N=C\S(=O)CCSCCO. The number of rotatable bonds is 27. The highest BCUT2D eigenvalue weighted by Gasteiger charge is 2.02. The normalized spacial score (nSPS) is 13.5. The number of hydrogen-bond donors (Lipinski definition) is 2. The van der Waals surface area contributed by atoms with Gasteiger partial charge < -0.3 is 10.4 Å². The second-order valence-corrected chi connectivity index (χ2v) is 21.5. The molecule has 19 heteroatoms. The van der Waals surface area contributed by atoms with Crippen LogP contribution < -0.4 is 5.32 Å². The summed E-state index contributed by atoms with van der Waals surface area (Å²) >= 11 is 17.1. The van der Waals surface area contributed by atoms with Gasteiger partial charge in [0.2, 0.25) is 0 Å². The molecule has 0 aliphatic rings. The average molecular weight is 742 g/mol. The summed E-state index contributed by atoms with van der Waals surface area (Å²) in [6, 6.07) is 0. The second-order valence-electron chi connectivity index (χ2n) is 5.91. The van der Waals surface area contributed by atoms with Gasteiger partial charge in [0.05, 0.1) is 56.1 Å². The van der Waals surface area contributed by atoms with E-state index in [1.165, 1.54) is 22.9 Å². The van der Waals surface area contributed by atoms with E-state index in [9.17, 15) is 13.2 Å². The van der Waals surface area contributed by atoms with Crippen LogP contribution in [0.3, 0.4) is 0 Å². The number of amides is 1. The van der Waals surface area contributed by atoms with Crippen molar-refractivity contribution in [2.75, 3.05) is 83.3 Å². The number of aliphatic hydroxyl groups is 1. The van der Waals surface area contributed by atoms with Crippen LogP contribution in [0.5, 0.6) is 0 Å². The van der Waals surface area contributed by atoms with Gasteiger partial charge >= 0.3 is 0 Å². The predicted octanol–water partition coefficient (Wildman–Crippen LogP) is 5.78. The first-order chi connectivity index (χ1) is 18.1. The van der Waals surface area contributed by atoms with E-state index in [0.29, 0.717) is 28.3 Å². The van der Waals surface area contributed by atoms with E-state index in [4.69, 9.17) is 5.11 Å². The Morgan fingerprint density at radius 1 is 0.784 bits per heavy atom. The standard InChI is InChI=1S/C18H35N3O4S12/c1-19-8-37(25)17-34-15-32-13-31-14-33-16-35-18(23)21-7-28-11-30-12-29-10-27-6-20-9-36(24)5-4-26-3-2-22/h8-9,22H,2-7,10-17H2,1H3,(H,21,23)/b19-8?,20-9-. The molecular weight excluding hydrogens is 707 g/mol. The summed E-state index contributed by atoms with van der Waals surface area (Å²) in [6.45, 7) is 0.163. The van der Waals surface area contributed by atoms with Crippen molar-refractivity contribution in [3.8, 4) is 0 Å². The Bertz CT molecular complexity index is 649. The maximum absolute atomic E-state index is 11.9. The minimum atomic E-state index is -1.01. The molecule has 0 saturated heterocycles. The third-order valence-corrected chi connectivity index (χ3v) is 17.5. The molecule has 37 heavy (non-hydrogen) atoms. The molecule has 1 amide bonds. The molecule has 2 atom stereocenters. The largest absolute Gasteiger partial charge is 0.396 e. The number of nitrogens with one attached hydrogen (secondary N) is 1. The first-order valence-electron chi connectivity index (χ1n) is 10.5. The van der Waals surface area contributed by atoms with Crippen LogP contribution in [0, 0.1) is 0 Å². The minimum absolute atomic E-state index is 0.0283. The third-order valence-electron chi connectivity index (χ3n) is 3.04. The van der Waals surface area contributed by atoms with Gasteiger partial charge in [-0.2, -0.15) is 11.8 Å². The van der Waals surface area contributed by atoms with Gasteiger partial charge in [0.15, 0.2) is 0 Å². The summed E-state index contributed by atoms with van der Waals surface area (Å²) in [7, 11) is -0.341. The lowest BCUT2D eigenvalue weighted by Gasteiger charge is -2.05. The van der Waals surface area contributed by atoms with Crippen molar-refractivity contribution in [1.29, 1.82) is 0 Å². The lowest BCUT2D eigenvalue weighted by Crippen LogP contribution is -2.17. The van der Waals surface area contributed by atoms with Gasteiger partial charge in [0.1, 0.15) is 0 Å². The van der Waals surface area contributed by atoms with Gasteiger partial charge in [-0.3, -0.25) is 23.2 Å². The zero-order valence-corrected chi connectivity index (χ0v) is 30.3. The molecule has 0 aliphatic heterocycles. The fourth-order valence-electron chi connectivity index (χ4n) is 1.65. The number of aliphatic imine (C=N–C) groups is 2. The molecule has 0 aromatic heterocycles. The quantitative estimate of drug-likeness (QED) is 0.0460. The molecule has 0 radical (unpaired) electrons. The predicted molar refractivity (Wildman–Crippen MR) is 194 cm³/mol. The highest BCUT2D eigenvalue weighted by atomic mass is 32.3. The van der Waals surface area contributed by atoms with Gasteiger partial charge in [-0.25, -0.2) is 0 Å². The first kappa shape index (κ1) is 39.6. The molecule has 0 bridgehead atoms. The molecule has 0 aromatic carbocycles. The summed E-state index contributed by atoms with van der Waals surface area (Å²) in [5.41, 5.74) is 3.01. The summed E-state index contributed by atoms with van der Waals surface area (Å²) in [4.78, 5) is 19.8. The Balaban J connectivity index is 3.31. The minimum Gasteiger partial charge on any atom is -0.396 e. The molecule has 0 rings (SSSR count). The topological polar surface area (TPSA) is 108 Å². The Morgan fingerprint density at radius 2 is 1.41 bits per heavy atom. The monoisotopic (exact) mass is 741 g/mol. The van der Waals surface area contributed by atoms with E-state index in [1.807, 2.05) is 47.0 Å². The van der Waals surface area contributed by atoms with Crippen molar-refractivity contribution in [3.05, 3.63) is 0 Å². The number of thioether (sulfide) groups is 10. The average Bonchev–Trinajstić information content (AvgIpc) is 2.88. The van der Waals surface area contributed by atoms with Crippen LogP contribution in [0.2, 0.25) is 0 Å². The molecule has 2 N–H and O–H groups in total. The Labute approximate surface area is 269 Å². The lowest BCUT2D eigenvalue weighted by molar-refractivity contribution is 0.262. The van der Waals surface area contributed by atoms with Gasteiger partial charge in [0, 0.05) is 59.9 Å². The fraction of sp³-hybridized carbons (Fsp3) is 0.833. The van der Waals surface area contributed by atoms with E-state index < -0.39 is 21.6 Å². The Hall–Kier alpha value is 2.57. The van der Waals surface area contributed by atoms with Gasteiger partial charge in [0.25, 0.3) is 5.24 Å². The lowest BCUT2D eigenvalue weighted by atomic mass is 10.9. The molecular formula is C18H35N3O4S12. The van der Waals surface area contributed by atoms with Crippen molar-refractivity contribution >= 4 is 156 Å². The first-order valence-corrected chi connectivity index (χ1v) is 24.6. The van der Waals surface area contributed by atoms with Crippen LogP contribution in [0.1, 0.15) is 0 Å². The molecule has 0 saturated carbocycles. The smallest absolute Gasteiger partial charge is 0.280 e. The maximum Gasteiger partial charge on any atom is 0.280 e. The van der Waals surface area contributed by atoms with Crippen LogP contribution in [0.4, 0.5) is 4.79 Å². The molecule has 0 aliphatic carbocycles. The number of hydrogen-bond acceptors (Lipinski definition) is 16. The van der Waals surface area contributed by atoms with Crippen molar-refractivity contribution in [2.24, 2.45) is 9.98 Å². The second kappa shape index (κ2) is 33.1. The van der Waals surface area contributed by atoms with Crippen molar-refractivity contribution in [1.82, 2.24) is 5.32 Å². The molecule has 0 fully saturated rings. The van der Waals surface area contributed by atoms with E-state index >= 15 is 0 Å². The van der Waals surface area contributed by atoms with E-state index in [1.54, 1.807) is 65.9 Å². The summed E-state index contributed by atoms with van der Waals surface area (Å²) < 4.78 is 23.1. The summed E-state index contributed by atoms with van der Waals surface area (Å²) in [5.74, 6) is 3.31. The Kier molecular flexibility index (Phi) is 35.4. The van der Waals surface area contributed by atoms with Crippen LogP contribution >= 0.6 is 118 Å². The molecule has 0 heterocycles. The molecule has 0 aromatic rings. The zero-order chi connectivity index (χ0) is 27.2. The van der Waals surface area contributed by atoms with Crippen LogP contribution in [0.25, 0.3) is 0 Å². The molecule has 0 spiro atoms. The molecule has 2 unspecified atom stereocenters. The number of carbonyl (C=O) groups excluding carboxylic acids is 1. The van der Waals surface area contributed by atoms with Crippen molar-refractivity contribution < 1.29 is 18.3 Å². The molecule has 218 valence electrons. The maximum atomic E-state index is 11.9. The van der Waals surface area contributed by atoms with Crippen LogP contribution in [-0.4, -0.2) is 113 Å². The number of aliphatic hydroxyl groups excluding tert-OH is 1. The van der Waals surface area contributed by atoms with Crippen LogP contribution in [-0.2, 0) is 21.6 Å². The number of nitrogens with zero attached hydrogens (tertiary/aromatic N) is 2. The van der Waals surface area contributed by atoms with Gasteiger partial charge in [-0.15, -0.1) is 94.1 Å². The van der Waals surface area contributed by atoms with Gasteiger partial charge in [-0.1, -0.05) is 11.8 Å². The fourth-order valence-corrected chi connectivity index (χ4v) is 14.9. The highest BCUT2D eigenvalue weighted by Crippen LogP contribution is 2.24. The Morgan fingerprint density at radius 3 is 2.08 bits per heavy atom. The summed E-state index contributed by atoms with van der Waals surface area (Å²) in [5, 5.41) is 18.8. The van der Waals surface area contributed by atoms with Crippen molar-refractivity contribution in [2.45, 2.75) is 0 Å². The van der Waals surface area contributed by atoms with Crippen molar-refractivity contribution in [3.63, 3.8) is 0 Å². The van der Waals surface area contributed by atoms with E-state index in [0.717, 1.165) is 41.3 Å². The number of carbonyl (C=O) groups is 1. The third kappa shape index (κ3) is 32.9. The highest BCUT2D eigenvalue weighted by molar-refractivity contribution is 8.30. The zero-order valence-electron chi connectivity index (χ0n) is 20.5. The summed E-state index contributed by atoms with van der Waals surface area (Å²) in [6.07, 6.45) is 0. The van der Waals surface area contributed by atoms with Crippen LogP contribution in [0.15, 0.2) is 9.98 Å². The molecule has 7 nitrogen and oxygen atoms in total. The van der Waals surface area contributed by atoms with E-state index in [2.05, 4.69) is 15.3 Å². The van der Waals surface area contributed by atoms with E-state index in [-0.39, 0.29) is 11.8 Å².